The summed E-state index contributed by atoms with van der Waals surface area (Å²) in [6.07, 6.45) is 5.95. The zero-order valence-electron chi connectivity index (χ0n) is 18.7. The predicted molar refractivity (Wildman–Crippen MR) is 124 cm³/mol. The predicted octanol–water partition coefficient (Wildman–Crippen LogP) is 2.97. The van der Waals surface area contributed by atoms with Crippen LogP contribution in [0.1, 0.15) is 36.0 Å². The third-order valence-electron chi connectivity index (χ3n) is 6.71. The lowest BCUT2D eigenvalue weighted by atomic mass is 10.0. The van der Waals surface area contributed by atoms with Gasteiger partial charge in [-0.2, -0.15) is 5.06 Å². The maximum atomic E-state index is 12.2. The number of piperazine rings is 1. The van der Waals surface area contributed by atoms with E-state index < -0.39 is 0 Å². The highest BCUT2D eigenvalue weighted by atomic mass is 16.7. The van der Waals surface area contributed by atoms with Crippen LogP contribution in [0.3, 0.4) is 0 Å². The first-order chi connectivity index (χ1) is 15.8. The number of hydrogen-bond acceptors (Lipinski definition) is 6. The third-order valence-corrected chi connectivity index (χ3v) is 6.71. The molecule has 1 saturated heterocycles. The molecule has 4 heterocycles. The van der Waals surface area contributed by atoms with E-state index in [4.69, 9.17) is 9.57 Å². The molecule has 3 aliphatic rings. The Bertz CT molecular complexity index is 943. The van der Waals surface area contributed by atoms with Gasteiger partial charge in [0.1, 0.15) is 0 Å². The number of carbonyl (C=O) groups is 1. The Morgan fingerprint density at radius 1 is 0.969 bits per heavy atom. The molecule has 0 radical (unpaired) electrons. The number of carbonyl (C=O) groups excluding carboxylic acids is 1. The number of hydroxylamine groups is 1. The Labute approximate surface area is 189 Å². The van der Waals surface area contributed by atoms with Gasteiger partial charge >= 0.3 is 0 Å². The molecule has 1 aromatic carbocycles. The van der Waals surface area contributed by atoms with Crippen molar-refractivity contribution in [1.82, 2.24) is 9.88 Å². The summed E-state index contributed by atoms with van der Waals surface area (Å²) in [4.78, 5) is 27.5. The van der Waals surface area contributed by atoms with E-state index in [9.17, 15) is 4.79 Å². The largest absolute Gasteiger partial charge is 0.376 e. The lowest BCUT2D eigenvalue weighted by Crippen LogP contribution is -2.47. The van der Waals surface area contributed by atoms with Gasteiger partial charge in [0.2, 0.25) is 0 Å². The van der Waals surface area contributed by atoms with Crippen molar-refractivity contribution in [2.45, 2.75) is 38.7 Å². The van der Waals surface area contributed by atoms with Crippen molar-refractivity contribution in [1.29, 1.82) is 0 Å². The molecule has 1 aromatic heterocycles. The Kier molecular flexibility index (Phi) is 6.67. The Morgan fingerprint density at radius 3 is 2.75 bits per heavy atom. The van der Waals surface area contributed by atoms with Gasteiger partial charge in [-0.05, 0) is 55.5 Å². The molecule has 0 spiro atoms. The van der Waals surface area contributed by atoms with Crippen LogP contribution in [-0.4, -0.2) is 61.7 Å². The van der Waals surface area contributed by atoms with Gasteiger partial charge in [-0.15, -0.1) is 0 Å². The smallest absolute Gasteiger partial charge is 0.252 e. The summed E-state index contributed by atoms with van der Waals surface area (Å²) in [6.45, 7) is 7.44. The summed E-state index contributed by atoms with van der Waals surface area (Å²) in [5.41, 5.74) is 5.26. The summed E-state index contributed by atoms with van der Waals surface area (Å²) in [6, 6.07) is 10.6. The van der Waals surface area contributed by atoms with Crippen molar-refractivity contribution in [3.63, 3.8) is 0 Å². The fourth-order valence-corrected chi connectivity index (χ4v) is 4.88. The number of benzene rings is 1. The number of rotatable bonds is 7. The van der Waals surface area contributed by atoms with Gasteiger partial charge in [-0.25, -0.2) is 4.98 Å². The topological polar surface area (TPSA) is 58.1 Å². The van der Waals surface area contributed by atoms with E-state index in [1.54, 1.807) is 6.20 Å². The normalized spacial score (nSPS) is 19.1. The molecule has 7 heteroatoms. The average molecular weight is 437 g/mol. The molecule has 32 heavy (non-hydrogen) atoms. The van der Waals surface area contributed by atoms with Crippen LogP contribution >= 0.6 is 0 Å². The Balaban J connectivity index is 1.05. The van der Waals surface area contributed by atoms with Gasteiger partial charge in [0.05, 0.1) is 19.8 Å². The van der Waals surface area contributed by atoms with Gasteiger partial charge in [-0.3, -0.25) is 14.5 Å². The number of aryl methyl sites for hydroxylation is 1. The van der Waals surface area contributed by atoms with Crippen molar-refractivity contribution >= 4 is 17.4 Å². The summed E-state index contributed by atoms with van der Waals surface area (Å²) < 4.78 is 5.72. The molecular weight excluding hydrogens is 404 g/mol. The second-order valence-corrected chi connectivity index (χ2v) is 8.76. The molecule has 0 bridgehead atoms. The van der Waals surface area contributed by atoms with Crippen LogP contribution in [-0.2, 0) is 33.8 Å². The van der Waals surface area contributed by atoms with Gasteiger partial charge in [-0.1, -0.05) is 18.2 Å². The number of aromatic nitrogens is 1. The van der Waals surface area contributed by atoms with E-state index in [0.29, 0.717) is 18.8 Å². The van der Waals surface area contributed by atoms with E-state index in [2.05, 4.69) is 33.0 Å². The summed E-state index contributed by atoms with van der Waals surface area (Å²) in [5.74, 6) is 0.661. The fourth-order valence-electron chi connectivity index (χ4n) is 4.88. The van der Waals surface area contributed by atoms with Crippen molar-refractivity contribution in [2.24, 2.45) is 0 Å². The molecule has 0 aliphatic carbocycles. The zero-order chi connectivity index (χ0) is 21.8. The molecule has 1 amide bonds. The van der Waals surface area contributed by atoms with Crippen LogP contribution in [0.2, 0.25) is 0 Å². The second-order valence-electron chi connectivity index (χ2n) is 8.76. The molecule has 170 valence electrons. The Morgan fingerprint density at radius 2 is 1.84 bits per heavy atom. The number of fused-ring (bicyclic) bond motifs is 2. The molecule has 3 aliphatic heterocycles. The zero-order valence-corrected chi connectivity index (χ0v) is 18.7. The molecule has 2 aromatic rings. The molecule has 0 N–H and O–H groups in total. The lowest BCUT2D eigenvalue weighted by molar-refractivity contribution is -0.126. The standard InChI is InChI=1S/C25H32N4O3/c30-24-9-8-21-6-4-11-26-25(21)29(24)32-17-2-1-12-27-13-15-28(16-14-27)23-7-3-5-20-10-18-31-19-22(20)23/h3-7,11H,1-2,8-10,12-19H2. The van der Waals surface area contributed by atoms with Crippen LogP contribution < -0.4 is 9.96 Å². The van der Waals surface area contributed by atoms with Gasteiger partial charge in [0.15, 0.2) is 5.82 Å². The van der Waals surface area contributed by atoms with E-state index >= 15 is 0 Å². The van der Waals surface area contributed by atoms with E-state index in [-0.39, 0.29) is 5.91 Å². The molecule has 0 saturated carbocycles. The van der Waals surface area contributed by atoms with Crippen molar-refractivity contribution in [3.05, 3.63) is 53.2 Å². The molecule has 0 unspecified atom stereocenters. The minimum atomic E-state index is 0.000761. The number of hydrogen-bond donors (Lipinski definition) is 0. The van der Waals surface area contributed by atoms with Crippen molar-refractivity contribution < 1.29 is 14.4 Å². The highest BCUT2D eigenvalue weighted by molar-refractivity contribution is 5.93. The van der Waals surface area contributed by atoms with Crippen LogP contribution in [0.4, 0.5) is 11.5 Å². The van der Waals surface area contributed by atoms with E-state index in [1.807, 2.05) is 12.1 Å². The average Bonchev–Trinajstić information content (AvgIpc) is 2.85. The summed E-state index contributed by atoms with van der Waals surface area (Å²) >= 11 is 0. The summed E-state index contributed by atoms with van der Waals surface area (Å²) in [5, 5.41) is 1.40. The van der Waals surface area contributed by atoms with E-state index in [1.165, 1.54) is 21.9 Å². The van der Waals surface area contributed by atoms with Gasteiger partial charge in [0.25, 0.3) is 5.91 Å². The van der Waals surface area contributed by atoms with Crippen molar-refractivity contribution in [3.8, 4) is 0 Å². The van der Waals surface area contributed by atoms with Crippen LogP contribution in [0.5, 0.6) is 0 Å². The first-order valence-electron chi connectivity index (χ1n) is 11.9. The highest BCUT2D eigenvalue weighted by Gasteiger charge is 2.26. The third kappa shape index (κ3) is 4.65. The summed E-state index contributed by atoms with van der Waals surface area (Å²) in [7, 11) is 0. The van der Waals surface area contributed by atoms with Crippen LogP contribution in [0.15, 0.2) is 36.5 Å². The number of nitrogens with zero attached hydrogens (tertiary/aromatic N) is 4. The van der Waals surface area contributed by atoms with Gasteiger partial charge in [0, 0.05) is 50.0 Å². The van der Waals surface area contributed by atoms with Crippen molar-refractivity contribution in [2.75, 3.05) is 55.9 Å². The maximum absolute atomic E-state index is 12.2. The molecular formula is C25H32N4O3. The molecule has 5 rings (SSSR count). The maximum Gasteiger partial charge on any atom is 0.252 e. The quantitative estimate of drug-likeness (QED) is 0.622. The SMILES string of the molecule is O=C1CCc2cccnc2N1OCCCCN1CCN(c2cccc3c2COCC3)CC1. The molecule has 1 fully saturated rings. The van der Waals surface area contributed by atoms with Crippen LogP contribution in [0.25, 0.3) is 0 Å². The van der Waals surface area contributed by atoms with Gasteiger partial charge < -0.3 is 9.64 Å². The monoisotopic (exact) mass is 436 g/mol. The van der Waals surface area contributed by atoms with E-state index in [0.717, 1.165) is 77.2 Å². The molecule has 0 atom stereocenters. The number of anilines is 2. The number of pyridine rings is 1. The fraction of sp³-hybridized carbons (Fsp3) is 0.520. The first kappa shape index (κ1) is 21.4. The number of ether oxygens (including phenoxy) is 1. The lowest BCUT2D eigenvalue weighted by Gasteiger charge is -2.38. The molecule has 7 nitrogen and oxygen atoms in total. The first-order valence-corrected chi connectivity index (χ1v) is 11.9. The second kappa shape index (κ2) is 9.98. The minimum Gasteiger partial charge on any atom is -0.376 e. The number of amides is 1. The minimum absolute atomic E-state index is 0.000761. The Hall–Kier alpha value is -2.48. The van der Waals surface area contributed by atoms with Crippen LogP contribution in [0, 0.1) is 0 Å². The number of unbranched alkanes of at least 4 members (excludes halogenated alkanes) is 1. The highest BCUT2D eigenvalue weighted by Crippen LogP contribution is 2.29.